The van der Waals surface area contributed by atoms with Crippen LogP contribution in [0.15, 0.2) is 24.5 Å². The van der Waals surface area contributed by atoms with Crippen LogP contribution >= 0.6 is 11.3 Å². The lowest BCUT2D eigenvalue weighted by Crippen LogP contribution is -2.50. The molecule has 2 aliphatic rings. The van der Waals surface area contributed by atoms with Crippen LogP contribution in [0.25, 0.3) is 0 Å². The summed E-state index contributed by atoms with van der Waals surface area (Å²) < 4.78 is 14.0. The van der Waals surface area contributed by atoms with Crippen molar-refractivity contribution in [3.63, 3.8) is 0 Å². The molecule has 0 radical (unpaired) electrons. The summed E-state index contributed by atoms with van der Waals surface area (Å²) in [6.45, 7) is 10.5. The molecular formula is C24H34FN5OS. The van der Waals surface area contributed by atoms with Crippen LogP contribution in [0.4, 0.5) is 9.52 Å². The van der Waals surface area contributed by atoms with Gasteiger partial charge in [0, 0.05) is 31.9 Å². The monoisotopic (exact) mass is 459 g/mol. The van der Waals surface area contributed by atoms with E-state index < -0.39 is 0 Å². The van der Waals surface area contributed by atoms with Crippen LogP contribution in [0.1, 0.15) is 67.9 Å². The summed E-state index contributed by atoms with van der Waals surface area (Å²) in [4.78, 5) is 26.7. The van der Waals surface area contributed by atoms with E-state index in [1.165, 1.54) is 43.3 Å². The number of nitrogens with one attached hydrogen (secondary N) is 1. The molecule has 2 aliphatic heterocycles. The van der Waals surface area contributed by atoms with Crippen molar-refractivity contribution in [2.45, 2.75) is 58.5 Å². The van der Waals surface area contributed by atoms with Gasteiger partial charge in [0.2, 0.25) is 0 Å². The van der Waals surface area contributed by atoms with E-state index in [1.54, 1.807) is 18.5 Å². The Balaban J connectivity index is 1.30. The molecule has 4 heterocycles. The van der Waals surface area contributed by atoms with E-state index in [2.05, 4.69) is 34.0 Å². The number of anilines is 1. The summed E-state index contributed by atoms with van der Waals surface area (Å²) in [6.07, 6.45) is 7.91. The van der Waals surface area contributed by atoms with Gasteiger partial charge in [-0.05, 0) is 63.1 Å². The van der Waals surface area contributed by atoms with Gasteiger partial charge in [-0.3, -0.25) is 14.7 Å². The van der Waals surface area contributed by atoms with E-state index >= 15 is 0 Å². The van der Waals surface area contributed by atoms with E-state index in [1.807, 2.05) is 11.8 Å². The number of hydrogen-bond donors (Lipinski definition) is 1. The molecule has 2 saturated heterocycles. The molecule has 0 aliphatic carbocycles. The van der Waals surface area contributed by atoms with Gasteiger partial charge in [-0.2, -0.15) is 0 Å². The van der Waals surface area contributed by atoms with Crippen molar-refractivity contribution in [2.24, 2.45) is 11.8 Å². The minimum absolute atomic E-state index is 0.0457. The highest BCUT2D eigenvalue weighted by molar-refractivity contribution is 7.17. The number of piperidine rings is 2. The summed E-state index contributed by atoms with van der Waals surface area (Å²) in [6, 6.07) is 3.23. The fraction of sp³-hybridized carbons (Fsp3) is 0.625. The molecule has 0 saturated carbocycles. The lowest BCUT2D eigenvalue weighted by molar-refractivity contribution is 0.0486. The minimum atomic E-state index is -0.350. The smallest absolute Gasteiger partial charge is 0.265 e. The molecule has 1 unspecified atom stereocenters. The third-order valence-electron chi connectivity index (χ3n) is 6.95. The van der Waals surface area contributed by atoms with Crippen LogP contribution in [0.5, 0.6) is 0 Å². The number of aromatic nitrogens is 2. The summed E-state index contributed by atoms with van der Waals surface area (Å²) >= 11 is 1.32. The Kier molecular flexibility index (Phi) is 7.40. The van der Waals surface area contributed by atoms with Crippen molar-refractivity contribution in [3.05, 3.63) is 40.9 Å². The van der Waals surface area contributed by atoms with Crippen molar-refractivity contribution in [2.75, 3.05) is 31.5 Å². The second-order valence-corrected chi connectivity index (χ2v) is 10.5. The maximum Gasteiger partial charge on any atom is 0.265 e. The van der Waals surface area contributed by atoms with Gasteiger partial charge in [-0.25, -0.2) is 9.37 Å². The van der Waals surface area contributed by atoms with Gasteiger partial charge in [0.1, 0.15) is 10.7 Å². The lowest BCUT2D eigenvalue weighted by atomic mass is 9.86. The van der Waals surface area contributed by atoms with E-state index in [-0.39, 0.29) is 17.8 Å². The minimum Gasteiger partial charge on any atom is -0.353 e. The summed E-state index contributed by atoms with van der Waals surface area (Å²) in [5, 5.41) is 3.77. The van der Waals surface area contributed by atoms with Crippen molar-refractivity contribution in [1.82, 2.24) is 19.8 Å². The van der Waals surface area contributed by atoms with Crippen LogP contribution in [-0.2, 0) is 0 Å². The zero-order valence-corrected chi connectivity index (χ0v) is 20.1. The highest BCUT2D eigenvalue weighted by Gasteiger charge is 2.31. The predicted molar refractivity (Wildman–Crippen MR) is 126 cm³/mol. The SMILES string of the molecule is CC(C)C1CCCN(C2CCN(C(=O)c3cnc(N[C@@H](C)c4ncccc4F)s3)CC2)C1. The van der Waals surface area contributed by atoms with Crippen molar-refractivity contribution >= 4 is 22.4 Å². The lowest BCUT2D eigenvalue weighted by Gasteiger charge is -2.43. The Morgan fingerprint density at radius 3 is 2.69 bits per heavy atom. The first-order valence-electron chi connectivity index (χ1n) is 11.8. The molecule has 6 nitrogen and oxygen atoms in total. The first kappa shape index (κ1) is 23.1. The molecule has 4 rings (SSSR count). The molecule has 0 spiro atoms. The fourth-order valence-corrected chi connectivity index (χ4v) is 5.79. The van der Waals surface area contributed by atoms with Crippen LogP contribution in [0, 0.1) is 17.7 Å². The molecule has 2 aromatic heterocycles. The molecule has 2 fully saturated rings. The first-order chi connectivity index (χ1) is 15.4. The maximum atomic E-state index is 14.0. The molecule has 32 heavy (non-hydrogen) atoms. The normalized spacial score (nSPS) is 21.7. The predicted octanol–water partition coefficient (Wildman–Crippen LogP) is 4.82. The van der Waals surface area contributed by atoms with Crippen LogP contribution in [0.2, 0.25) is 0 Å². The van der Waals surface area contributed by atoms with Gasteiger partial charge in [0.05, 0.1) is 17.9 Å². The first-order valence-corrected chi connectivity index (χ1v) is 12.6. The Morgan fingerprint density at radius 2 is 1.97 bits per heavy atom. The Morgan fingerprint density at radius 1 is 1.19 bits per heavy atom. The second-order valence-electron chi connectivity index (χ2n) is 9.43. The molecule has 1 N–H and O–H groups in total. The zero-order chi connectivity index (χ0) is 22.7. The standard InChI is InChI=1S/C24H34FN5OS/c1-16(2)18-6-5-11-30(15-18)19-8-12-29(13-9-19)23(31)21-14-27-24(32-21)28-17(3)22-20(25)7-4-10-26-22/h4,7,10,14,16-19H,5-6,8-9,11-13,15H2,1-3H3,(H,27,28)/t17-,18?/m0/s1. The Hall–Kier alpha value is -2.06. The van der Waals surface area contributed by atoms with Gasteiger partial charge in [-0.15, -0.1) is 0 Å². The molecule has 2 atom stereocenters. The fourth-order valence-electron chi connectivity index (χ4n) is 4.92. The van der Waals surface area contributed by atoms with Crippen molar-refractivity contribution in [3.8, 4) is 0 Å². The number of amides is 1. The molecule has 2 aromatic rings. The van der Waals surface area contributed by atoms with E-state index in [0.717, 1.165) is 37.8 Å². The Bertz CT molecular complexity index is 911. The molecule has 174 valence electrons. The summed E-state index contributed by atoms with van der Waals surface area (Å²) in [5.41, 5.74) is 0.343. The van der Waals surface area contributed by atoms with E-state index in [0.29, 0.717) is 21.7 Å². The number of nitrogens with zero attached hydrogens (tertiary/aromatic N) is 4. The summed E-state index contributed by atoms with van der Waals surface area (Å²) in [5.74, 6) is 1.24. The largest absolute Gasteiger partial charge is 0.353 e. The number of carbonyl (C=O) groups is 1. The number of thiazole rings is 1. The number of halogens is 1. The molecule has 0 aromatic carbocycles. The molecule has 0 bridgehead atoms. The third-order valence-corrected chi connectivity index (χ3v) is 7.87. The quantitative estimate of drug-likeness (QED) is 0.671. The second kappa shape index (κ2) is 10.3. The molecule has 1 amide bonds. The van der Waals surface area contributed by atoms with Gasteiger partial charge in [0.15, 0.2) is 5.13 Å². The number of pyridine rings is 1. The number of rotatable bonds is 6. The topological polar surface area (TPSA) is 61.4 Å². The molecular weight excluding hydrogens is 425 g/mol. The van der Waals surface area contributed by atoms with Crippen molar-refractivity contribution in [1.29, 1.82) is 0 Å². The summed E-state index contributed by atoms with van der Waals surface area (Å²) in [7, 11) is 0. The van der Waals surface area contributed by atoms with Gasteiger partial charge < -0.3 is 10.2 Å². The van der Waals surface area contributed by atoms with Crippen LogP contribution < -0.4 is 5.32 Å². The van der Waals surface area contributed by atoms with Gasteiger partial charge >= 0.3 is 0 Å². The van der Waals surface area contributed by atoms with Crippen LogP contribution in [0.3, 0.4) is 0 Å². The third kappa shape index (κ3) is 5.29. The van der Waals surface area contributed by atoms with Gasteiger partial charge in [-0.1, -0.05) is 25.2 Å². The maximum absolute atomic E-state index is 14.0. The number of hydrogen-bond acceptors (Lipinski definition) is 6. The van der Waals surface area contributed by atoms with Crippen LogP contribution in [-0.4, -0.2) is 57.9 Å². The Labute approximate surface area is 194 Å². The van der Waals surface area contributed by atoms with Crippen molar-refractivity contribution < 1.29 is 9.18 Å². The number of likely N-dealkylation sites (tertiary alicyclic amines) is 2. The van der Waals surface area contributed by atoms with E-state index in [9.17, 15) is 9.18 Å². The average Bonchev–Trinajstić information content (AvgIpc) is 3.27. The zero-order valence-electron chi connectivity index (χ0n) is 19.3. The highest BCUT2D eigenvalue weighted by atomic mass is 32.1. The average molecular weight is 460 g/mol. The molecule has 8 heteroatoms. The van der Waals surface area contributed by atoms with Gasteiger partial charge in [0.25, 0.3) is 5.91 Å². The van der Waals surface area contributed by atoms with E-state index in [4.69, 9.17) is 0 Å². The number of carbonyl (C=O) groups excluding carboxylic acids is 1. The highest BCUT2D eigenvalue weighted by Crippen LogP contribution is 2.29.